The topological polar surface area (TPSA) is 30.7 Å². The van der Waals surface area contributed by atoms with E-state index in [9.17, 15) is 0 Å². The Bertz CT molecular complexity index is 412. The largest absolute Gasteiger partial charge is 0.228 e. The van der Waals surface area contributed by atoms with Gasteiger partial charge in [0.2, 0.25) is 0 Å². The van der Waals surface area contributed by atoms with Crippen molar-refractivity contribution >= 4 is 12.3 Å². The maximum atomic E-state index is 3.96. The zero-order valence-corrected chi connectivity index (χ0v) is 7.67. The summed E-state index contributed by atoms with van der Waals surface area (Å²) in [7, 11) is 0. The second-order valence-electron chi connectivity index (χ2n) is 2.93. The summed E-state index contributed by atoms with van der Waals surface area (Å²) in [6.07, 6.45) is 6.97. The number of hydrogen-bond donors (Lipinski definition) is 0. The smallest absolute Gasteiger partial charge is 0.138 e. The van der Waals surface area contributed by atoms with Crippen LogP contribution in [0.25, 0.3) is 12.3 Å². The molecule has 2 rings (SSSR count). The maximum absolute atomic E-state index is 3.96. The molecule has 0 amide bonds. The van der Waals surface area contributed by atoms with Gasteiger partial charge in [-0.15, -0.1) is 0 Å². The standard InChI is InChI=1S/C11H10N3/c1-10-2-4-11(5-3-10)6-7-14-9-12-8-13-14/h2-9H,1H2/b7-6+. The normalized spacial score (nSPS) is 10.9. The molecule has 0 aliphatic carbocycles. The molecule has 0 atom stereocenters. The van der Waals surface area contributed by atoms with E-state index in [1.165, 1.54) is 6.33 Å². The number of rotatable bonds is 2. The number of hydrogen-bond acceptors (Lipinski definition) is 2. The van der Waals surface area contributed by atoms with Gasteiger partial charge in [0.05, 0.1) is 0 Å². The quantitative estimate of drug-likeness (QED) is 0.715. The van der Waals surface area contributed by atoms with E-state index in [4.69, 9.17) is 0 Å². The molecular formula is C11H10N3. The van der Waals surface area contributed by atoms with Crippen molar-refractivity contribution in [1.82, 2.24) is 14.8 Å². The highest BCUT2D eigenvalue weighted by Gasteiger charge is 1.87. The molecule has 0 saturated heterocycles. The SMILES string of the molecule is [CH2]c1ccc(/C=C/n2cncn2)cc1. The minimum atomic E-state index is 1.02. The summed E-state index contributed by atoms with van der Waals surface area (Å²) in [6.45, 7) is 3.82. The Hall–Kier alpha value is -1.90. The van der Waals surface area contributed by atoms with Gasteiger partial charge >= 0.3 is 0 Å². The van der Waals surface area contributed by atoms with Gasteiger partial charge in [-0.2, -0.15) is 5.10 Å². The first kappa shape index (κ1) is 8.69. The van der Waals surface area contributed by atoms with Crippen molar-refractivity contribution < 1.29 is 0 Å². The first-order valence-corrected chi connectivity index (χ1v) is 4.29. The Morgan fingerprint density at radius 2 is 2.00 bits per heavy atom. The molecule has 3 nitrogen and oxygen atoms in total. The highest BCUT2D eigenvalue weighted by atomic mass is 15.3. The van der Waals surface area contributed by atoms with Crippen molar-refractivity contribution in [1.29, 1.82) is 0 Å². The molecule has 1 aromatic carbocycles. The predicted molar refractivity (Wildman–Crippen MR) is 56.1 cm³/mol. The Balaban J connectivity index is 2.15. The van der Waals surface area contributed by atoms with Crippen molar-refractivity contribution in [2.45, 2.75) is 0 Å². The van der Waals surface area contributed by atoms with Crippen LogP contribution in [0.5, 0.6) is 0 Å². The molecule has 14 heavy (non-hydrogen) atoms. The average Bonchev–Trinajstić information content (AvgIpc) is 2.70. The Labute approximate surface area is 82.7 Å². The molecule has 0 bridgehead atoms. The molecule has 1 heterocycles. The van der Waals surface area contributed by atoms with Crippen molar-refractivity contribution in [2.24, 2.45) is 0 Å². The zero-order chi connectivity index (χ0) is 9.80. The van der Waals surface area contributed by atoms with Crippen LogP contribution in [0.1, 0.15) is 11.1 Å². The summed E-state index contributed by atoms with van der Waals surface area (Å²) < 4.78 is 1.65. The van der Waals surface area contributed by atoms with Crippen LogP contribution in [-0.2, 0) is 0 Å². The summed E-state index contributed by atoms with van der Waals surface area (Å²) in [5.74, 6) is 0. The van der Waals surface area contributed by atoms with Crippen molar-refractivity contribution in [3.05, 3.63) is 55.0 Å². The van der Waals surface area contributed by atoms with Crippen LogP contribution < -0.4 is 0 Å². The third-order valence-electron chi connectivity index (χ3n) is 1.84. The molecule has 1 radical (unpaired) electrons. The van der Waals surface area contributed by atoms with Gasteiger partial charge in [0.1, 0.15) is 12.7 Å². The second-order valence-corrected chi connectivity index (χ2v) is 2.93. The molecule has 0 unspecified atom stereocenters. The van der Waals surface area contributed by atoms with Crippen LogP contribution in [0.3, 0.4) is 0 Å². The average molecular weight is 184 g/mol. The fourth-order valence-electron chi connectivity index (χ4n) is 1.09. The Morgan fingerprint density at radius 1 is 1.21 bits per heavy atom. The van der Waals surface area contributed by atoms with E-state index in [1.807, 2.05) is 36.5 Å². The van der Waals surface area contributed by atoms with Crippen molar-refractivity contribution in [3.63, 3.8) is 0 Å². The summed E-state index contributed by atoms with van der Waals surface area (Å²) in [6, 6.07) is 7.97. The molecule has 69 valence electrons. The Kier molecular flexibility index (Phi) is 2.40. The van der Waals surface area contributed by atoms with Crippen molar-refractivity contribution in [2.75, 3.05) is 0 Å². The first-order valence-electron chi connectivity index (χ1n) is 4.29. The summed E-state index contributed by atoms with van der Waals surface area (Å²) in [5.41, 5.74) is 2.14. The van der Waals surface area contributed by atoms with Crippen LogP contribution in [0, 0.1) is 6.92 Å². The predicted octanol–water partition coefficient (Wildman–Crippen LogP) is 2.09. The van der Waals surface area contributed by atoms with Gasteiger partial charge in [0, 0.05) is 6.20 Å². The van der Waals surface area contributed by atoms with Crippen LogP contribution in [0.2, 0.25) is 0 Å². The molecule has 0 aliphatic heterocycles. The molecular weight excluding hydrogens is 174 g/mol. The van der Waals surface area contributed by atoms with E-state index >= 15 is 0 Å². The van der Waals surface area contributed by atoms with E-state index in [0.717, 1.165) is 11.1 Å². The Morgan fingerprint density at radius 3 is 2.64 bits per heavy atom. The highest BCUT2D eigenvalue weighted by Crippen LogP contribution is 2.05. The second kappa shape index (κ2) is 3.87. The zero-order valence-electron chi connectivity index (χ0n) is 7.67. The van der Waals surface area contributed by atoms with E-state index in [-0.39, 0.29) is 0 Å². The maximum Gasteiger partial charge on any atom is 0.138 e. The van der Waals surface area contributed by atoms with E-state index in [1.54, 1.807) is 11.0 Å². The van der Waals surface area contributed by atoms with Gasteiger partial charge in [-0.3, -0.25) is 0 Å². The fourth-order valence-corrected chi connectivity index (χ4v) is 1.09. The number of benzene rings is 1. The minimum Gasteiger partial charge on any atom is -0.228 e. The van der Waals surface area contributed by atoms with Gasteiger partial charge in [-0.1, -0.05) is 24.3 Å². The van der Waals surface area contributed by atoms with Crippen molar-refractivity contribution in [3.8, 4) is 0 Å². The molecule has 0 aliphatic rings. The van der Waals surface area contributed by atoms with Gasteiger partial charge in [0.25, 0.3) is 0 Å². The molecule has 3 heteroatoms. The van der Waals surface area contributed by atoms with Gasteiger partial charge in [-0.05, 0) is 24.1 Å². The minimum absolute atomic E-state index is 1.02. The molecule has 0 N–H and O–H groups in total. The third-order valence-corrected chi connectivity index (χ3v) is 1.84. The van der Waals surface area contributed by atoms with E-state index in [2.05, 4.69) is 17.0 Å². The van der Waals surface area contributed by atoms with Crippen LogP contribution in [0.4, 0.5) is 0 Å². The molecule has 0 saturated carbocycles. The lowest BCUT2D eigenvalue weighted by molar-refractivity contribution is 0.937. The fraction of sp³-hybridized carbons (Fsp3) is 0. The monoisotopic (exact) mass is 184 g/mol. The lowest BCUT2D eigenvalue weighted by atomic mass is 10.1. The van der Waals surface area contributed by atoms with Crippen LogP contribution >= 0.6 is 0 Å². The van der Waals surface area contributed by atoms with E-state index in [0.29, 0.717) is 0 Å². The summed E-state index contributed by atoms with van der Waals surface area (Å²) >= 11 is 0. The number of aromatic nitrogens is 3. The first-order chi connectivity index (χ1) is 6.84. The van der Waals surface area contributed by atoms with Crippen LogP contribution in [0.15, 0.2) is 36.9 Å². The molecule has 2 aromatic rings. The highest BCUT2D eigenvalue weighted by molar-refractivity contribution is 5.60. The molecule has 0 fully saturated rings. The molecule has 1 aromatic heterocycles. The van der Waals surface area contributed by atoms with Gasteiger partial charge < -0.3 is 0 Å². The summed E-state index contributed by atoms with van der Waals surface area (Å²) in [4.78, 5) is 3.84. The van der Waals surface area contributed by atoms with Gasteiger partial charge in [-0.25, -0.2) is 9.67 Å². The summed E-state index contributed by atoms with van der Waals surface area (Å²) in [5, 5.41) is 3.96. The van der Waals surface area contributed by atoms with E-state index < -0.39 is 0 Å². The molecule has 0 spiro atoms. The third kappa shape index (κ3) is 2.07. The van der Waals surface area contributed by atoms with Crippen LogP contribution in [-0.4, -0.2) is 14.8 Å². The lowest BCUT2D eigenvalue weighted by Crippen LogP contribution is -1.84. The number of nitrogens with zero attached hydrogens (tertiary/aromatic N) is 3. The lowest BCUT2D eigenvalue weighted by Gasteiger charge is -1.94. The van der Waals surface area contributed by atoms with Gasteiger partial charge in [0.15, 0.2) is 0 Å².